The van der Waals surface area contributed by atoms with Crippen LogP contribution in [0.25, 0.3) is 0 Å². The van der Waals surface area contributed by atoms with E-state index < -0.39 is 0 Å². The lowest BCUT2D eigenvalue weighted by atomic mass is 10.1. The Morgan fingerprint density at radius 2 is 2.12 bits per heavy atom. The van der Waals surface area contributed by atoms with Gasteiger partial charge in [0.25, 0.3) is 0 Å². The number of guanidine groups is 1. The molecule has 1 aromatic heterocycles. The molecule has 1 aromatic carbocycles. The van der Waals surface area contributed by atoms with E-state index in [4.69, 9.17) is 27.7 Å². The Balaban J connectivity index is 0.00000288. The number of aromatic nitrogens is 2. The van der Waals surface area contributed by atoms with E-state index in [9.17, 15) is 0 Å². The minimum absolute atomic E-state index is 0. The molecule has 2 rings (SSSR count). The van der Waals surface area contributed by atoms with Crippen molar-refractivity contribution in [2.45, 2.75) is 33.4 Å². The first-order chi connectivity index (χ1) is 11.0. The Morgan fingerprint density at radius 1 is 1.38 bits per heavy atom. The SMILES string of the molecule is CCNC(=NCc1nc(C)no1)NC(C)c1ccc(Cl)cc1Cl.I. The number of nitrogens with zero attached hydrogens (tertiary/aromatic N) is 3. The van der Waals surface area contributed by atoms with E-state index in [0.29, 0.717) is 34.3 Å². The van der Waals surface area contributed by atoms with Crippen molar-refractivity contribution in [1.29, 1.82) is 0 Å². The van der Waals surface area contributed by atoms with Gasteiger partial charge in [-0.15, -0.1) is 24.0 Å². The normalized spacial score (nSPS) is 12.5. The number of hydrogen-bond donors (Lipinski definition) is 2. The van der Waals surface area contributed by atoms with Crippen LogP contribution in [-0.4, -0.2) is 22.6 Å². The highest BCUT2D eigenvalue weighted by Crippen LogP contribution is 2.25. The fourth-order valence-corrected chi connectivity index (χ4v) is 2.58. The highest BCUT2D eigenvalue weighted by molar-refractivity contribution is 14.0. The molecule has 24 heavy (non-hydrogen) atoms. The molecule has 0 amide bonds. The van der Waals surface area contributed by atoms with E-state index in [1.165, 1.54) is 0 Å². The van der Waals surface area contributed by atoms with E-state index >= 15 is 0 Å². The monoisotopic (exact) mass is 483 g/mol. The molecule has 0 saturated carbocycles. The predicted octanol–water partition coefficient (Wildman–Crippen LogP) is 4.12. The number of halogens is 3. The van der Waals surface area contributed by atoms with Gasteiger partial charge in [-0.2, -0.15) is 4.98 Å². The number of aliphatic imine (C=N–C) groups is 1. The van der Waals surface area contributed by atoms with Gasteiger partial charge in [-0.25, -0.2) is 4.99 Å². The van der Waals surface area contributed by atoms with E-state index in [1.54, 1.807) is 13.0 Å². The Labute approximate surface area is 168 Å². The molecule has 0 aliphatic rings. The molecular weight excluding hydrogens is 464 g/mol. The molecule has 1 atom stereocenters. The fourth-order valence-electron chi connectivity index (χ4n) is 2.01. The van der Waals surface area contributed by atoms with Crippen LogP contribution in [0.15, 0.2) is 27.7 Å². The summed E-state index contributed by atoms with van der Waals surface area (Å²) in [5, 5.41) is 11.4. The van der Waals surface area contributed by atoms with Crippen molar-refractivity contribution in [2.75, 3.05) is 6.54 Å². The van der Waals surface area contributed by atoms with Gasteiger partial charge in [0.1, 0.15) is 6.54 Å². The lowest BCUT2D eigenvalue weighted by molar-refractivity contribution is 0.376. The van der Waals surface area contributed by atoms with Crippen molar-refractivity contribution in [2.24, 2.45) is 4.99 Å². The minimum atomic E-state index is -0.0398. The van der Waals surface area contributed by atoms with Crippen LogP contribution in [0.5, 0.6) is 0 Å². The van der Waals surface area contributed by atoms with E-state index in [1.807, 2.05) is 26.0 Å². The maximum absolute atomic E-state index is 6.24. The average Bonchev–Trinajstić information content (AvgIpc) is 2.90. The van der Waals surface area contributed by atoms with Crippen LogP contribution in [0.1, 0.15) is 37.2 Å². The quantitative estimate of drug-likeness (QED) is 0.380. The molecule has 2 aromatic rings. The van der Waals surface area contributed by atoms with Crippen molar-refractivity contribution < 1.29 is 4.52 Å². The first-order valence-electron chi connectivity index (χ1n) is 7.28. The average molecular weight is 484 g/mol. The van der Waals surface area contributed by atoms with Gasteiger partial charge in [0.05, 0.1) is 6.04 Å². The standard InChI is InChI=1S/C15H19Cl2N5O.HI/c1-4-18-15(19-8-14-21-10(3)22-23-14)20-9(2)12-6-5-11(16)7-13(12)17;/h5-7,9H,4,8H2,1-3H3,(H2,18,19,20);1H. The molecule has 0 radical (unpaired) electrons. The zero-order chi connectivity index (χ0) is 16.8. The summed E-state index contributed by atoms with van der Waals surface area (Å²) in [6.45, 7) is 6.80. The maximum atomic E-state index is 6.24. The maximum Gasteiger partial charge on any atom is 0.248 e. The summed E-state index contributed by atoms with van der Waals surface area (Å²) in [6, 6.07) is 5.39. The van der Waals surface area contributed by atoms with Gasteiger partial charge in [-0.1, -0.05) is 34.4 Å². The van der Waals surface area contributed by atoms with Crippen molar-refractivity contribution in [1.82, 2.24) is 20.8 Å². The molecule has 0 spiro atoms. The van der Waals surface area contributed by atoms with Crippen molar-refractivity contribution in [3.8, 4) is 0 Å². The first-order valence-corrected chi connectivity index (χ1v) is 8.04. The molecule has 6 nitrogen and oxygen atoms in total. The zero-order valence-electron chi connectivity index (χ0n) is 13.6. The molecule has 0 saturated heterocycles. The predicted molar refractivity (Wildman–Crippen MR) is 107 cm³/mol. The highest BCUT2D eigenvalue weighted by atomic mass is 127. The number of hydrogen-bond acceptors (Lipinski definition) is 4. The van der Waals surface area contributed by atoms with Crippen LogP contribution in [0.2, 0.25) is 10.0 Å². The summed E-state index contributed by atoms with van der Waals surface area (Å²) in [4.78, 5) is 8.57. The topological polar surface area (TPSA) is 75.3 Å². The number of rotatable bonds is 5. The third-order valence-corrected chi connectivity index (χ3v) is 3.63. The molecule has 9 heteroatoms. The smallest absolute Gasteiger partial charge is 0.248 e. The third kappa shape index (κ3) is 6.10. The second-order valence-corrected chi connectivity index (χ2v) is 5.81. The van der Waals surface area contributed by atoms with Gasteiger partial charge in [0.2, 0.25) is 5.89 Å². The lowest BCUT2D eigenvalue weighted by Crippen LogP contribution is -2.38. The summed E-state index contributed by atoms with van der Waals surface area (Å²) >= 11 is 12.2. The van der Waals surface area contributed by atoms with Gasteiger partial charge in [-0.05, 0) is 38.5 Å². The molecule has 0 aliphatic carbocycles. The zero-order valence-corrected chi connectivity index (χ0v) is 17.5. The summed E-state index contributed by atoms with van der Waals surface area (Å²) in [6.07, 6.45) is 0. The Kier molecular flexibility index (Phi) is 8.79. The molecule has 0 bridgehead atoms. The number of nitrogens with one attached hydrogen (secondary N) is 2. The lowest BCUT2D eigenvalue weighted by Gasteiger charge is -2.19. The van der Waals surface area contributed by atoms with Crippen LogP contribution in [0.4, 0.5) is 0 Å². The van der Waals surface area contributed by atoms with Crippen molar-refractivity contribution >= 4 is 53.1 Å². The van der Waals surface area contributed by atoms with Gasteiger partial charge in [-0.3, -0.25) is 0 Å². The van der Waals surface area contributed by atoms with E-state index in [2.05, 4.69) is 25.8 Å². The molecule has 0 aliphatic heterocycles. The minimum Gasteiger partial charge on any atom is -0.357 e. The summed E-state index contributed by atoms with van der Waals surface area (Å²) < 4.78 is 5.06. The van der Waals surface area contributed by atoms with Crippen molar-refractivity contribution in [3.63, 3.8) is 0 Å². The highest BCUT2D eigenvalue weighted by Gasteiger charge is 2.12. The largest absolute Gasteiger partial charge is 0.357 e. The van der Waals surface area contributed by atoms with Crippen LogP contribution in [-0.2, 0) is 6.54 Å². The second-order valence-electron chi connectivity index (χ2n) is 4.96. The van der Waals surface area contributed by atoms with Gasteiger partial charge in [0.15, 0.2) is 11.8 Å². The number of aryl methyl sites for hydroxylation is 1. The van der Waals surface area contributed by atoms with Gasteiger partial charge in [0, 0.05) is 16.6 Å². The Hall–Kier alpha value is -1.06. The molecule has 1 heterocycles. The van der Waals surface area contributed by atoms with Crippen LogP contribution >= 0.6 is 47.2 Å². The first kappa shape index (κ1) is 21.0. The van der Waals surface area contributed by atoms with Crippen LogP contribution < -0.4 is 10.6 Å². The Bertz CT molecular complexity index is 692. The van der Waals surface area contributed by atoms with E-state index in [-0.39, 0.29) is 30.0 Å². The Morgan fingerprint density at radius 3 is 2.71 bits per heavy atom. The summed E-state index contributed by atoms with van der Waals surface area (Å²) in [5.74, 6) is 1.70. The van der Waals surface area contributed by atoms with Crippen LogP contribution in [0, 0.1) is 6.92 Å². The second kappa shape index (κ2) is 10.0. The van der Waals surface area contributed by atoms with Gasteiger partial charge >= 0.3 is 0 Å². The number of benzene rings is 1. The molecule has 1 unspecified atom stereocenters. The molecular formula is C15H20Cl2IN5O. The van der Waals surface area contributed by atoms with Crippen molar-refractivity contribution in [3.05, 3.63) is 45.5 Å². The molecule has 0 fully saturated rings. The van der Waals surface area contributed by atoms with E-state index in [0.717, 1.165) is 12.1 Å². The fraction of sp³-hybridized carbons (Fsp3) is 0.400. The van der Waals surface area contributed by atoms with Crippen LogP contribution in [0.3, 0.4) is 0 Å². The third-order valence-electron chi connectivity index (χ3n) is 3.07. The molecule has 132 valence electrons. The summed E-state index contributed by atoms with van der Waals surface area (Å²) in [7, 11) is 0. The molecule has 2 N–H and O–H groups in total. The van der Waals surface area contributed by atoms with Gasteiger partial charge < -0.3 is 15.2 Å². The summed E-state index contributed by atoms with van der Waals surface area (Å²) in [5.41, 5.74) is 0.940.